The number of aliphatic hydroxyl groups is 2. The first-order valence-electron chi connectivity index (χ1n) is 13.8. The number of fused-ring (bicyclic) bond motifs is 2. The standard InChI is InChI=1S/C34H42O6/c1-33(2,3)25-7-9-27-21(17-25)15-23(19-39-13-11-35)31(37)29(27)30-28-10-8-26(34(4,5)6)18-22(28)16-24(32(30)38)20-40-14-12-36/h7-10,15-18,35-38H,11-14,19-20H2,1-6H3. The zero-order valence-electron chi connectivity index (χ0n) is 24.5. The first kappa shape index (κ1) is 29.8. The van der Waals surface area contributed by atoms with Crippen LogP contribution in [0.15, 0.2) is 48.5 Å². The van der Waals surface area contributed by atoms with Crippen molar-refractivity contribution in [3.05, 3.63) is 70.8 Å². The lowest BCUT2D eigenvalue weighted by Gasteiger charge is -2.23. The van der Waals surface area contributed by atoms with Crippen molar-refractivity contribution in [3.8, 4) is 22.6 Å². The Hall–Kier alpha value is -3.16. The summed E-state index contributed by atoms with van der Waals surface area (Å²) >= 11 is 0. The molecule has 0 heterocycles. The Labute approximate surface area is 236 Å². The van der Waals surface area contributed by atoms with Gasteiger partial charge in [-0.25, -0.2) is 0 Å². The summed E-state index contributed by atoms with van der Waals surface area (Å²) in [4.78, 5) is 0. The van der Waals surface area contributed by atoms with Crippen LogP contribution in [-0.2, 0) is 33.5 Å². The van der Waals surface area contributed by atoms with E-state index in [1.54, 1.807) is 0 Å². The van der Waals surface area contributed by atoms with Gasteiger partial charge in [-0.05, 0) is 55.6 Å². The highest BCUT2D eigenvalue weighted by Gasteiger charge is 2.24. The van der Waals surface area contributed by atoms with Crippen molar-refractivity contribution >= 4 is 21.5 Å². The highest BCUT2D eigenvalue weighted by Crippen LogP contribution is 2.48. The summed E-state index contributed by atoms with van der Waals surface area (Å²) in [7, 11) is 0. The third-order valence-corrected chi connectivity index (χ3v) is 7.35. The smallest absolute Gasteiger partial charge is 0.129 e. The number of aromatic hydroxyl groups is 2. The van der Waals surface area contributed by atoms with Gasteiger partial charge in [0.25, 0.3) is 0 Å². The fraction of sp³-hybridized carbons (Fsp3) is 0.412. The highest BCUT2D eigenvalue weighted by molar-refractivity contribution is 6.10. The first-order chi connectivity index (χ1) is 18.9. The van der Waals surface area contributed by atoms with Crippen LogP contribution in [0.4, 0.5) is 0 Å². The van der Waals surface area contributed by atoms with Crippen LogP contribution in [0.2, 0.25) is 0 Å². The first-order valence-corrected chi connectivity index (χ1v) is 13.8. The molecule has 0 saturated carbocycles. The van der Waals surface area contributed by atoms with E-state index in [0.29, 0.717) is 22.3 Å². The van der Waals surface area contributed by atoms with Crippen LogP contribution in [-0.4, -0.2) is 46.9 Å². The van der Waals surface area contributed by atoms with Crippen LogP contribution in [0.5, 0.6) is 11.5 Å². The van der Waals surface area contributed by atoms with Gasteiger partial charge in [0.2, 0.25) is 0 Å². The Morgan fingerprint density at radius 3 is 1.27 bits per heavy atom. The molecule has 0 fully saturated rings. The summed E-state index contributed by atoms with van der Waals surface area (Å²) < 4.78 is 11.3. The summed E-state index contributed by atoms with van der Waals surface area (Å²) in [6.07, 6.45) is 0. The number of phenolic OH excluding ortho intramolecular Hbond substituents is 2. The molecule has 4 aromatic carbocycles. The number of benzene rings is 4. The fourth-order valence-corrected chi connectivity index (χ4v) is 5.06. The number of hydrogen-bond acceptors (Lipinski definition) is 6. The molecule has 40 heavy (non-hydrogen) atoms. The van der Waals surface area contributed by atoms with Crippen LogP contribution >= 0.6 is 0 Å². The molecule has 6 nitrogen and oxygen atoms in total. The predicted octanol–water partition coefficient (Wildman–Crippen LogP) is 6.68. The summed E-state index contributed by atoms with van der Waals surface area (Å²) in [6, 6.07) is 16.2. The molecule has 0 amide bonds. The van der Waals surface area contributed by atoms with Crippen molar-refractivity contribution in [2.75, 3.05) is 26.4 Å². The van der Waals surface area contributed by atoms with Gasteiger partial charge >= 0.3 is 0 Å². The van der Waals surface area contributed by atoms with Gasteiger partial charge in [-0.3, -0.25) is 0 Å². The normalized spacial score (nSPS) is 12.5. The second kappa shape index (κ2) is 11.8. The zero-order chi connectivity index (χ0) is 29.2. The molecule has 4 rings (SSSR count). The molecule has 0 atom stereocenters. The quantitative estimate of drug-likeness (QED) is 0.175. The molecule has 214 valence electrons. The average Bonchev–Trinajstić information content (AvgIpc) is 2.89. The predicted molar refractivity (Wildman–Crippen MR) is 161 cm³/mol. The lowest BCUT2D eigenvalue weighted by molar-refractivity contribution is 0.0804. The van der Waals surface area contributed by atoms with Crippen LogP contribution in [0.25, 0.3) is 32.7 Å². The van der Waals surface area contributed by atoms with Gasteiger partial charge in [0.15, 0.2) is 0 Å². The van der Waals surface area contributed by atoms with Crippen LogP contribution in [0.3, 0.4) is 0 Å². The minimum atomic E-state index is -0.118. The second-order valence-corrected chi connectivity index (χ2v) is 12.4. The Morgan fingerprint density at radius 2 is 0.950 bits per heavy atom. The Balaban J connectivity index is 2.09. The van der Waals surface area contributed by atoms with E-state index in [0.717, 1.165) is 32.7 Å². The molecule has 0 unspecified atom stereocenters. The molecule has 6 heteroatoms. The van der Waals surface area contributed by atoms with Gasteiger partial charge in [-0.15, -0.1) is 0 Å². The maximum Gasteiger partial charge on any atom is 0.129 e. The molecule has 0 bridgehead atoms. The van der Waals surface area contributed by atoms with Crippen molar-refractivity contribution in [2.45, 2.75) is 65.6 Å². The Kier molecular flexibility index (Phi) is 8.76. The van der Waals surface area contributed by atoms with Gasteiger partial charge in [-0.1, -0.05) is 77.9 Å². The van der Waals surface area contributed by atoms with Gasteiger partial charge in [0.1, 0.15) is 11.5 Å². The number of hydrogen-bond donors (Lipinski definition) is 4. The second-order valence-electron chi connectivity index (χ2n) is 12.4. The van der Waals surface area contributed by atoms with Crippen molar-refractivity contribution in [1.29, 1.82) is 0 Å². The number of aliphatic hydroxyl groups excluding tert-OH is 2. The number of rotatable bonds is 9. The molecule has 0 spiro atoms. The fourth-order valence-electron chi connectivity index (χ4n) is 5.06. The van der Waals surface area contributed by atoms with Gasteiger partial charge < -0.3 is 29.9 Å². The molecule has 4 N–H and O–H groups in total. The number of ether oxygens (including phenoxy) is 2. The SMILES string of the molecule is CC(C)(C)c1ccc2c(-c3c(O)c(COCCO)cc4cc(C(C)(C)C)ccc34)c(O)c(COCCO)cc2c1. The Morgan fingerprint density at radius 1 is 0.575 bits per heavy atom. The highest BCUT2D eigenvalue weighted by atomic mass is 16.5. The summed E-state index contributed by atoms with van der Waals surface area (Å²) in [6.45, 7) is 13.2. The average molecular weight is 547 g/mol. The van der Waals surface area contributed by atoms with Gasteiger partial charge in [-0.2, -0.15) is 0 Å². The van der Waals surface area contributed by atoms with Crippen molar-refractivity contribution in [1.82, 2.24) is 0 Å². The molecular formula is C34H42O6. The van der Waals surface area contributed by atoms with Crippen molar-refractivity contribution in [3.63, 3.8) is 0 Å². The maximum absolute atomic E-state index is 11.7. The van der Waals surface area contributed by atoms with Crippen LogP contribution < -0.4 is 0 Å². The van der Waals surface area contributed by atoms with Crippen LogP contribution in [0, 0.1) is 0 Å². The molecule has 0 aliphatic carbocycles. The van der Waals surface area contributed by atoms with Crippen molar-refractivity contribution in [2.24, 2.45) is 0 Å². The lowest BCUT2D eigenvalue weighted by Crippen LogP contribution is -2.11. The minimum absolute atomic E-state index is 0.0267. The van der Waals surface area contributed by atoms with E-state index in [2.05, 4.69) is 65.8 Å². The summed E-state index contributed by atoms with van der Waals surface area (Å²) in [5, 5.41) is 45.4. The maximum atomic E-state index is 11.7. The molecule has 4 aromatic rings. The molecule has 0 radical (unpaired) electrons. The molecule has 0 aliphatic rings. The Bertz CT molecular complexity index is 1390. The van der Waals surface area contributed by atoms with E-state index in [-0.39, 0.29) is 62.0 Å². The molecule has 0 aromatic heterocycles. The van der Waals surface area contributed by atoms with Gasteiger partial charge in [0.05, 0.1) is 39.6 Å². The largest absolute Gasteiger partial charge is 0.507 e. The van der Waals surface area contributed by atoms with E-state index in [9.17, 15) is 20.4 Å². The van der Waals surface area contributed by atoms with E-state index in [4.69, 9.17) is 9.47 Å². The van der Waals surface area contributed by atoms with Gasteiger partial charge in [0, 0.05) is 22.3 Å². The van der Waals surface area contributed by atoms with Crippen LogP contribution in [0.1, 0.15) is 63.8 Å². The third kappa shape index (κ3) is 6.11. The lowest BCUT2D eigenvalue weighted by atomic mass is 9.82. The molecule has 0 aliphatic heterocycles. The molecule has 0 saturated heterocycles. The molecular weight excluding hydrogens is 504 g/mol. The topological polar surface area (TPSA) is 99.4 Å². The monoisotopic (exact) mass is 546 g/mol. The van der Waals surface area contributed by atoms with Crippen molar-refractivity contribution < 1.29 is 29.9 Å². The summed E-state index contributed by atoms with van der Waals surface area (Å²) in [5.41, 5.74) is 4.32. The minimum Gasteiger partial charge on any atom is -0.507 e. The third-order valence-electron chi connectivity index (χ3n) is 7.35. The van der Waals surface area contributed by atoms with E-state index >= 15 is 0 Å². The van der Waals surface area contributed by atoms with E-state index in [1.165, 1.54) is 0 Å². The number of phenols is 2. The zero-order valence-corrected chi connectivity index (χ0v) is 24.5. The summed E-state index contributed by atoms with van der Waals surface area (Å²) in [5.74, 6) is 0.0535. The van der Waals surface area contributed by atoms with E-state index in [1.807, 2.05) is 24.3 Å². The van der Waals surface area contributed by atoms with E-state index < -0.39 is 0 Å².